The zero-order chi connectivity index (χ0) is 17.6. The van der Waals surface area contributed by atoms with Gasteiger partial charge in [0.2, 0.25) is 0 Å². The maximum Gasteiger partial charge on any atom is 0.490 e. The van der Waals surface area contributed by atoms with E-state index in [1.807, 2.05) is 6.92 Å². The van der Waals surface area contributed by atoms with Crippen LogP contribution >= 0.6 is 0 Å². The maximum absolute atomic E-state index is 12.1. The zero-order valence-electron chi connectivity index (χ0n) is 13.8. The Morgan fingerprint density at radius 3 is 2.29 bits per heavy atom. The summed E-state index contributed by atoms with van der Waals surface area (Å²) in [5, 5.41) is 0. The van der Waals surface area contributed by atoms with Crippen LogP contribution in [-0.2, 0) is 23.7 Å². The molecule has 0 amide bonds. The predicted molar refractivity (Wildman–Crippen MR) is 78.2 cm³/mol. The largest absolute Gasteiger partial charge is 0.490 e. The van der Waals surface area contributed by atoms with Gasteiger partial charge in [-0.1, -0.05) is 6.92 Å². The summed E-state index contributed by atoms with van der Waals surface area (Å²) in [6.45, 7) is 3.56. The first-order chi connectivity index (χ1) is 11.4. The van der Waals surface area contributed by atoms with Crippen LogP contribution in [0.4, 0.5) is 13.2 Å². The smallest absolute Gasteiger partial charge is 0.459 e. The van der Waals surface area contributed by atoms with Gasteiger partial charge in [-0.15, -0.1) is 0 Å². The van der Waals surface area contributed by atoms with E-state index >= 15 is 0 Å². The van der Waals surface area contributed by atoms with Gasteiger partial charge in [0.15, 0.2) is 6.29 Å². The second-order valence-corrected chi connectivity index (χ2v) is 6.40. The van der Waals surface area contributed by atoms with E-state index in [4.69, 9.17) is 14.2 Å². The molecule has 0 aromatic heterocycles. The third-order valence-corrected chi connectivity index (χ3v) is 4.41. The lowest BCUT2D eigenvalue weighted by molar-refractivity contribution is -0.250. The molecule has 8 heteroatoms. The summed E-state index contributed by atoms with van der Waals surface area (Å²) in [6.07, 6.45) is -1.28. The summed E-state index contributed by atoms with van der Waals surface area (Å²) in [4.78, 5) is 10.7. The summed E-state index contributed by atoms with van der Waals surface area (Å²) in [5.41, 5.74) is 0. The van der Waals surface area contributed by atoms with Crippen LogP contribution in [0.2, 0.25) is 0 Å². The molecule has 0 unspecified atom stereocenters. The molecule has 2 aliphatic rings. The summed E-state index contributed by atoms with van der Waals surface area (Å²) >= 11 is 0. The van der Waals surface area contributed by atoms with Gasteiger partial charge in [0.1, 0.15) is 6.10 Å². The maximum atomic E-state index is 12.1. The Kier molecular flexibility index (Phi) is 7.31. The van der Waals surface area contributed by atoms with Crippen molar-refractivity contribution in [3.05, 3.63) is 0 Å². The van der Waals surface area contributed by atoms with Gasteiger partial charge < -0.3 is 18.9 Å². The average molecular weight is 354 g/mol. The number of carbonyl (C=O) groups excluding carboxylic acids is 1. The molecule has 0 aromatic carbocycles. The van der Waals surface area contributed by atoms with Crippen molar-refractivity contribution in [3.8, 4) is 0 Å². The van der Waals surface area contributed by atoms with Gasteiger partial charge >= 0.3 is 12.1 Å². The minimum absolute atomic E-state index is 0.0284. The quantitative estimate of drug-likeness (QED) is 0.686. The van der Waals surface area contributed by atoms with Gasteiger partial charge in [-0.25, -0.2) is 4.79 Å². The number of hydrogen-bond donors (Lipinski definition) is 0. The fourth-order valence-corrected chi connectivity index (χ4v) is 3.06. The van der Waals surface area contributed by atoms with Crippen molar-refractivity contribution in [1.29, 1.82) is 0 Å². The first-order valence-electron chi connectivity index (χ1n) is 8.49. The van der Waals surface area contributed by atoms with Crippen molar-refractivity contribution < 1.29 is 36.9 Å². The molecule has 24 heavy (non-hydrogen) atoms. The molecule has 0 aromatic rings. The number of halogens is 3. The van der Waals surface area contributed by atoms with Crippen LogP contribution in [0.15, 0.2) is 0 Å². The molecule has 0 atom stereocenters. The molecule has 0 bridgehead atoms. The molecule has 1 aliphatic heterocycles. The molecule has 0 radical (unpaired) electrons. The van der Waals surface area contributed by atoms with E-state index in [9.17, 15) is 18.0 Å². The number of ether oxygens (including phenoxy) is 4. The van der Waals surface area contributed by atoms with Crippen molar-refractivity contribution in [1.82, 2.24) is 0 Å². The molecule has 1 aliphatic carbocycles. The molecule has 1 saturated carbocycles. The van der Waals surface area contributed by atoms with Crippen molar-refractivity contribution in [2.75, 3.05) is 26.4 Å². The Morgan fingerprint density at radius 2 is 1.75 bits per heavy atom. The molecule has 2 fully saturated rings. The monoisotopic (exact) mass is 354 g/mol. The fraction of sp³-hybridized carbons (Fsp3) is 0.938. The van der Waals surface area contributed by atoms with Gasteiger partial charge in [0.25, 0.3) is 0 Å². The Labute approximate surface area is 139 Å². The topological polar surface area (TPSA) is 54.0 Å². The van der Waals surface area contributed by atoms with Crippen LogP contribution < -0.4 is 0 Å². The van der Waals surface area contributed by atoms with Crippen molar-refractivity contribution in [2.45, 2.75) is 57.6 Å². The highest BCUT2D eigenvalue weighted by Crippen LogP contribution is 2.34. The number of esters is 1. The van der Waals surface area contributed by atoms with Crippen LogP contribution in [-0.4, -0.2) is 51.0 Å². The minimum atomic E-state index is -4.92. The van der Waals surface area contributed by atoms with E-state index in [0.29, 0.717) is 32.7 Å². The second kappa shape index (κ2) is 9.01. The van der Waals surface area contributed by atoms with Crippen LogP contribution in [0.3, 0.4) is 0 Å². The molecular weight excluding hydrogens is 329 g/mol. The first kappa shape index (κ1) is 19.5. The summed E-state index contributed by atoms with van der Waals surface area (Å²) in [5.74, 6) is -1.91. The third kappa shape index (κ3) is 5.89. The number of carbonyl (C=O) groups is 1. The fourth-order valence-electron chi connectivity index (χ4n) is 3.06. The second-order valence-electron chi connectivity index (χ2n) is 6.40. The van der Waals surface area contributed by atoms with E-state index in [0.717, 1.165) is 19.3 Å². The van der Waals surface area contributed by atoms with E-state index in [2.05, 4.69) is 4.74 Å². The minimum Gasteiger partial charge on any atom is -0.459 e. The van der Waals surface area contributed by atoms with Crippen molar-refractivity contribution >= 4 is 5.97 Å². The third-order valence-electron chi connectivity index (χ3n) is 4.41. The lowest BCUT2D eigenvalue weighted by Gasteiger charge is -2.37. The molecular formula is C16H25F3O5. The highest BCUT2D eigenvalue weighted by molar-refractivity contribution is 5.75. The zero-order valence-corrected chi connectivity index (χ0v) is 13.8. The van der Waals surface area contributed by atoms with E-state index in [1.165, 1.54) is 0 Å². The lowest BCUT2D eigenvalue weighted by atomic mass is 9.82. The highest BCUT2D eigenvalue weighted by atomic mass is 19.4. The summed E-state index contributed by atoms with van der Waals surface area (Å²) < 4.78 is 57.7. The normalized spacial score (nSPS) is 31.7. The first-order valence-corrected chi connectivity index (χ1v) is 8.49. The Balaban J connectivity index is 1.64. The average Bonchev–Trinajstić information content (AvgIpc) is 2.58. The molecule has 140 valence electrons. The van der Waals surface area contributed by atoms with Gasteiger partial charge in [0, 0.05) is 12.5 Å². The van der Waals surface area contributed by atoms with Gasteiger partial charge in [-0.2, -0.15) is 13.2 Å². The Morgan fingerprint density at radius 1 is 1.12 bits per heavy atom. The number of hydrogen-bond acceptors (Lipinski definition) is 5. The summed E-state index contributed by atoms with van der Waals surface area (Å²) in [7, 11) is 0. The molecule has 1 heterocycles. The molecule has 0 spiro atoms. The number of alkyl halides is 3. The molecule has 5 nitrogen and oxygen atoms in total. The van der Waals surface area contributed by atoms with E-state index in [-0.39, 0.29) is 30.8 Å². The molecule has 0 N–H and O–H groups in total. The Hall–Kier alpha value is -0.860. The van der Waals surface area contributed by atoms with Crippen LogP contribution in [0.25, 0.3) is 0 Å². The van der Waals surface area contributed by atoms with Crippen LogP contribution in [0.5, 0.6) is 0 Å². The standard InChI is InChI=1S/C16H25F3O5/c1-2-7-21-13-9-22-14(23-10-13)12-5-3-11(4-6-12)8-24-15(20)16(17,18)19/h11-14H,2-10H2,1H3. The molecule has 2 rings (SSSR count). The van der Waals surface area contributed by atoms with Gasteiger partial charge in [-0.3, -0.25) is 0 Å². The highest BCUT2D eigenvalue weighted by Gasteiger charge is 2.41. The molecule has 1 saturated heterocycles. The van der Waals surface area contributed by atoms with E-state index in [1.54, 1.807) is 0 Å². The summed E-state index contributed by atoms with van der Waals surface area (Å²) in [6, 6.07) is 0. The van der Waals surface area contributed by atoms with Crippen molar-refractivity contribution in [2.24, 2.45) is 11.8 Å². The van der Waals surface area contributed by atoms with E-state index < -0.39 is 12.1 Å². The predicted octanol–water partition coefficient (Wildman–Crippen LogP) is 3.07. The van der Waals surface area contributed by atoms with Gasteiger partial charge in [0.05, 0.1) is 19.8 Å². The van der Waals surface area contributed by atoms with Crippen molar-refractivity contribution in [3.63, 3.8) is 0 Å². The van der Waals surface area contributed by atoms with Crippen LogP contribution in [0, 0.1) is 11.8 Å². The van der Waals surface area contributed by atoms with Crippen LogP contribution in [0.1, 0.15) is 39.0 Å². The Bertz CT molecular complexity index is 386. The number of rotatable bonds is 6. The lowest BCUT2D eigenvalue weighted by Crippen LogP contribution is -2.42. The SMILES string of the molecule is CCCOC1COC(C2CCC(COC(=O)C(F)(F)F)CC2)OC1. The van der Waals surface area contributed by atoms with Gasteiger partial charge in [-0.05, 0) is 38.0 Å².